The second kappa shape index (κ2) is 8.46. The number of carbonyl (C=O) groups is 1. The lowest BCUT2D eigenvalue weighted by molar-refractivity contribution is 0.0303. The van der Waals surface area contributed by atoms with E-state index < -0.39 is 0 Å². The highest BCUT2D eigenvalue weighted by atomic mass is 79.9. The van der Waals surface area contributed by atoms with Crippen molar-refractivity contribution in [2.24, 2.45) is 7.05 Å². The summed E-state index contributed by atoms with van der Waals surface area (Å²) in [6.45, 7) is 2.23. The molecule has 1 N–H and O–H groups in total. The number of halogens is 3. The van der Waals surface area contributed by atoms with E-state index in [1.165, 1.54) is 12.1 Å². The molecule has 1 aliphatic rings. The quantitative estimate of drug-likeness (QED) is 0.627. The third kappa shape index (κ3) is 3.85. The fourth-order valence-electron chi connectivity index (χ4n) is 3.23. The van der Waals surface area contributed by atoms with Crippen molar-refractivity contribution in [1.29, 1.82) is 0 Å². The summed E-state index contributed by atoms with van der Waals surface area (Å²) in [4.78, 5) is 19.2. The maximum atomic E-state index is 13.6. The van der Waals surface area contributed by atoms with Gasteiger partial charge in [0, 0.05) is 42.4 Å². The summed E-state index contributed by atoms with van der Waals surface area (Å²) >= 11 is 3.41. The number of morpholine rings is 1. The molecule has 1 fully saturated rings. The van der Waals surface area contributed by atoms with Gasteiger partial charge in [-0.05, 0) is 40.2 Å². The van der Waals surface area contributed by atoms with Crippen LogP contribution in [0.15, 0.2) is 41.1 Å². The summed E-state index contributed by atoms with van der Waals surface area (Å²) in [6, 6.07) is 6.31. The Morgan fingerprint density at radius 1 is 1.29 bits per heavy atom. The Morgan fingerprint density at radius 2 is 2.04 bits per heavy atom. The molecule has 3 heterocycles. The van der Waals surface area contributed by atoms with Crippen molar-refractivity contribution in [3.63, 3.8) is 0 Å². The zero-order valence-electron chi connectivity index (χ0n) is 15.1. The van der Waals surface area contributed by atoms with Gasteiger partial charge >= 0.3 is 0 Å². The highest BCUT2D eigenvalue weighted by Crippen LogP contribution is 2.31. The largest absolute Gasteiger partial charge is 0.378 e. The number of fused-ring (bicyclic) bond motifs is 1. The van der Waals surface area contributed by atoms with Crippen molar-refractivity contribution in [1.82, 2.24) is 14.5 Å². The van der Waals surface area contributed by atoms with Gasteiger partial charge in [0.2, 0.25) is 0 Å². The van der Waals surface area contributed by atoms with E-state index in [2.05, 4.69) is 26.2 Å². The second-order valence-corrected chi connectivity index (χ2v) is 7.22. The van der Waals surface area contributed by atoms with Crippen molar-refractivity contribution in [3.05, 3.63) is 52.5 Å². The van der Waals surface area contributed by atoms with Crippen LogP contribution in [0.1, 0.15) is 10.4 Å². The van der Waals surface area contributed by atoms with Crippen LogP contribution >= 0.6 is 28.3 Å². The maximum Gasteiger partial charge on any atom is 0.257 e. The van der Waals surface area contributed by atoms with E-state index in [4.69, 9.17) is 4.74 Å². The van der Waals surface area contributed by atoms with E-state index in [1.807, 2.05) is 23.9 Å². The number of ether oxygens (including phenoxy) is 1. The number of anilines is 2. The third-order valence-electron chi connectivity index (χ3n) is 4.62. The molecule has 0 saturated carbocycles. The van der Waals surface area contributed by atoms with Crippen LogP contribution in [0.5, 0.6) is 0 Å². The molecule has 0 aliphatic carbocycles. The minimum atomic E-state index is -0.343. The number of aromatic nitrogens is 2. The minimum Gasteiger partial charge on any atom is -0.378 e. The smallest absolute Gasteiger partial charge is 0.257 e. The number of pyridine rings is 1. The molecule has 28 heavy (non-hydrogen) atoms. The zero-order valence-corrected chi connectivity index (χ0v) is 17.5. The standard InChI is InChI=1S/C19H18BrFN4O2.ClH/c1-24-5-4-13-17(24)14(19(26)25-6-8-27-9-7-25)11-22-18(13)23-16-10-12(21)2-3-15(16)20;/h2-5,10-11H,6-9H2,1H3,(H,22,23);1H. The highest BCUT2D eigenvalue weighted by Gasteiger charge is 2.23. The average Bonchev–Trinajstić information content (AvgIpc) is 3.07. The van der Waals surface area contributed by atoms with E-state index in [9.17, 15) is 9.18 Å². The molecule has 4 rings (SSSR count). The lowest BCUT2D eigenvalue weighted by Crippen LogP contribution is -2.40. The Labute approximate surface area is 176 Å². The first kappa shape index (κ1) is 20.6. The van der Waals surface area contributed by atoms with Crippen LogP contribution in [0.2, 0.25) is 0 Å². The Bertz CT molecular complexity index is 1020. The lowest BCUT2D eigenvalue weighted by atomic mass is 10.1. The monoisotopic (exact) mass is 468 g/mol. The molecule has 0 spiro atoms. The summed E-state index contributed by atoms with van der Waals surface area (Å²) in [7, 11) is 1.89. The molecule has 9 heteroatoms. The van der Waals surface area contributed by atoms with E-state index in [1.54, 1.807) is 17.2 Å². The molecule has 1 aromatic carbocycles. The van der Waals surface area contributed by atoms with Crippen molar-refractivity contribution in [2.75, 3.05) is 31.6 Å². The van der Waals surface area contributed by atoms with Gasteiger partial charge in [0.1, 0.15) is 11.6 Å². The van der Waals surface area contributed by atoms with Gasteiger partial charge in [-0.1, -0.05) is 0 Å². The molecule has 0 unspecified atom stereocenters. The Hall–Kier alpha value is -2.16. The maximum absolute atomic E-state index is 13.6. The number of hydrogen-bond acceptors (Lipinski definition) is 4. The predicted molar refractivity (Wildman–Crippen MR) is 112 cm³/mol. The fraction of sp³-hybridized carbons (Fsp3) is 0.263. The second-order valence-electron chi connectivity index (χ2n) is 6.36. The molecular formula is C19H19BrClFN4O2. The highest BCUT2D eigenvalue weighted by molar-refractivity contribution is 9.10. The molecule has 6 nitrogen and oxygen atoms in total. The molecule has 0 atom stereocenters. The van der Waals surface area contributed by atoms with Crippen molar-refractivity contribution < 1.29 is 13.9 Å². The first-order chi connectivity index (χ1) is 13.0. The van der Waals surface area contributed by atoms with Gasteiger partial charge in [-0.25, -0.2) is 9.37 Å². The number of rotatable bonds is 3. The van der Waals surface area contributed by atoms with Crippen LogP contribution in [0.25, 0.3) is 10.9 Å². The molecule has 3 aromatic rings. The number of hydrogen-bond donors (Lipinski definition) is 1. The van der Waals surface area contributed by atoms with E-state index >= 15 is 0 Å². The lowest BCUT2D eigenvalue weighted by Gasteiger charge is -2.27. The SMILES string of the molecule is Cl.Cn1ccc2c(Nc3cc(F)ccc3Br)ncc(C(=O)N3CCOCC3)c21. The number of carbonyl (C=O) groups excluding carboxylic acids is 1. The number of amides is 1. The van der Waals surface area contributed by atoms with Crippen LogP contribution in [-0.2, 0) is 11.8 Å². The van der Waals surface area contributed by atoms with Crippen molar-refractivity contribution in [3.8, 4) is 0 Å². The Morgan fingerprint density at radius 3 is 2.79 bits per heavy atom. The van der Waals surface area contributed by atoms with E-state index in [0.29, 0.717) is 43.4 Å². The van der Waals surface area contributed by atoms with Crippen LogP contribution in [0.4, 0.5) is 15.9 Å². The van der Waals surface area contributed by atoms with Gasteiger partial charge in [0.25, 0.3) is 5.91 Å². The molecule has 1 aliphatic heterocycles. The number of aryl methyl sites for hydroxylation is 1. The number of benzene rings is 1. The number of nitrogens with one attached hydrogen (secondary N) is 1. The molecule has 0 radical (unpaired) electrons. The number of nitrogens with zero attached hydrogens (tertiary/aromatic N) is 3. The van der Waals surface area contributed by atoms with Crippen molar-refractivity contribution in [2.45, 2.75) is 0 Å². The summed E-state index contributed by atoms with van der Waals surface area (Å²) in [5.74, 6) is 0.163. The molecule has 1 saturated heterocycles. The first-order valence-corrected chi connectivity index (χ1v) is 9.37. The topological polar surface area (TPSA) is 59.4 Å². The summed E-state index contributed by atoms with van der Waals surface area (Å²) in [6.07, 6.45) is 3.46. The van der Waals surface area contributed by atoms with Gasteiger partial charge in [0.15, 0.2) is 0 Å². The average molecular weight is 470 g/mol. The van der Waals surface area contributed by atoms with Crippen LogP contribution in [-0.4, -0.2) is 46.7 Å². The predicted octanol–water partition coefficient (Wildman–Crippen LogP) is 4.11. The molecule has 148 valence electrons. The van der Waals surface area contributed by atoms with E-state index in [-0.39, 0.29) is 24.1 Å². The first-order valence-electron chi connectivity index (χ1n) is 8.58. The van der Waals surface area contributed by atoms with Gasteiger partial charge in [-0.15, -0.1) is 12.4 Å². The summed E-state index contributed by atoms with van der Waals surface area (Å²) in [5, 5.41) is 3.96. The zero-order chi connectivity index (χ0) is 19.0. The molecule has 2 aromatic heterocycles. The Kier molecular flexibility index (Phi) is 6.22. The van der Waals surface area contributed by atoms with Gasteiger partial charge in [-0.2, -0.15) is 0 Å². The van der Waals surface area contributed by atoms with Gasteiger partial charge < -0.3 is 19.5 Å². The molecule has 1 amide bonds. The fourth-order valence-corrected chi connectivity index (χ4v) is 3.58. The summed E-state index contributed by atoms with van der Waals surface area (Å²) in [5.41, 5.74) is 1.90. The van der Waals surface area contributed by atoms with Gasteiger partial charge in [-0.3, -0.25) is 4.79 Å². The normalized spacial score (nSPS) is 14.0. The van der Waals surface area contributed by atoms with Crippen molar-refractivity contribution >= 4 is 56.7 Å². The minimum absolute atomic E-state index is 0. The van der Waals surface area contributed by atoms with Crippen LogP contribution in [0, 0.1) is 5.82 Å². The van der Waals surface area contributed by atoms with Crippen LogP contribution in [0.3, 0.4) is 0 Å². The third-order valence-corrected chi connectivity index (χ3v) is 5.31. The molecular weight excluding hydrogens is 451 g/mol. The molecule has 0 bridgehead atoms. The Balaban J connectivity index is 0.00000225. The van der Waals surface area contributed by atoms with E-state index in [0.717, 1.165) is 15.4 Å². The van der Waals surface area contributed by atoms with Gasteiger partial charge in [0.05, 0.1) is 30.0 Å². The van der Waals surface area contributed by atoms with Crippen LogP contribution < -0.4 is 5.32 Å². The summed E-state index contributed by atoms with van der Waals surface area (Å²) < 4.78 is 21.6.